The van der Waals surface area contributed by atoms with Crippen molar-refractivity contribution >= 4 is 20.6 Å². The number of pyridine rings is 1. The Hall–Kier alpha value is -1.39. The van der Waals surface area contributed by atoms with Crippen LogP contribution in [0.4, 0.5) is 0 Å². The lowest BCUT2D eigenvalue weighted by Crippen LogP contribution is -1.62. The molecule has 0 saturated carbocycles. The van der Waals surface area contributed by atoms with E-state index in [9.17, 15) is 0 Å². The minimum absolute atomic E-state index is 1.32. The average molecular weight is 272 g/mol. The van der Waals surface area contributed by atoms with Crippen LogP contribution < -0.4 is 0 Å². The molecule has 3 nitrogen and oxygen atoms in total. The molecule has 0 fully saturated rings. The van der Waals surface area contributed by atoms with Gasteiger partial charge in [-0.3, -0.25) is 4.98 Å². The summed E-state index contributed by atoms with van der Waals surface area (Å²) < 4.78 is 17.6. The van der Waals surface area contributed by atoms with Crippen molar-refractivity contribution in [3.63, 3.8) is 0 Å². The minimum Gasteiger partial charge on any atom is -0.265 e. The number of aryl methyl sites for hydroxylation is 1. The molecule has 1 aromatic carbocycles. The summed E-state index contributed by atoms with van der Waals surface area (Å²) >= 11 is 0. The third-order valence-corrected chi connectivity index (χ3v) is 1.51. The van der Waals surface area contributed by atoms with E-state index in [1.807, 2.05) is 36.4 Å². The van der Waals surface area contributed by atoms with Gasteiger partial charge in [-0.05, 0) is 19.1 Å². The van der Waals surface area contributed by atoms with Crippen LogP contribution >= 0.6 is 10.7 Å². The van der Waals surface area contributed by atoms with Gasteiger partial charge in [-0.1, -0.05) is 42.0 Å². The monoisotopic (exact) mass is 271 g/mol. The standard InChI is InChI=1S/C7H8.C5H5N.ClHO2S/c1-7-5-3-2-4-6-7;1-2-4-6-5-3-1;1-4(2)3/h2-6H,1H3;1-5H;4H. The quantitative estimate of drug-likeness (QED) is 0.592. The lowest BCUT2D eigenvalue weighted by atomic mass is 10.2. The molecule has 0 aliphatic rings. The maximum atomic E-state index is 8.80. The molecule has 92 valence electrons. The molecule has 0 amide bonds. The first-order valence-corrected chi connectivity index (χ1v) is 6.88. The van der Waals surface area contributed by atoms with Crippen LogP contribution in [0.25, 0.3) is 0 Å². The predicted octanol–water partition coefficient (Wildman–Crippen LogP) is 2.83. The van der Waals surface area contributed by atoms with Crippen LogP contribution in [0.5, 0.6) is 0 Å². The SMILES string of the molecule is Cc1ccccc1.O=[SH](=O)Cl.c1ccncc1. The molecule has 0 atom stereocenters. The first-order chi connectivity index (χ1) is 8.13. The smallest absolute Gasteiger partial charge is 0.222 e. The van der Waals surface area contributed by atoms with Crippen LogP contribution in [0.1, 0.15) is 5.56 Å². The third-order valence-electron chi connectivity index (χ3n) is 1.51. The molecule has 0 radical (unpaired) electrons. The molecule has 0 N–H and O–H groups in total. The molecule has 1 aromatic heterocycles. The summed E-state index contributed by atoms with van der Waals surface area (Å²) in [5.74, 6) is 0. The van der Waals surface area contributed by atoms with Gasteiger partial charge < -0.3 is 0 Å². The highest BCUT2D eigenvalue weighted by atomic mass is 35.7. The number of rotatable bonds is 0. The summed E-state index contributed by atoms with van der Waals surface area (Å²) in [5, 5.41) is 0. The largest absolute Gasteiger partial charge is 0.265 e. The Kier molecular flexibility index (Phi) is 10.2. The molecule has 17 heavy (non-hydrogen) atoms. The number of halogens is 1. The maximum Gasteiger partial charge on any atom is 0.222 e. The normalized spacial score (nSPS) is 8.41. The summed E-state index contributed by atoms with van der Waals surface area (Å²) in [5.41, 5.74) is 1.32. The number of hydrogen-bond donors (Lipinski definition) is 1. The van der Waals surface area contributed by atoms with Gasteiger partial charge in [0.2, 0.25) is 9.92 Å². The van der Waals surface area contributed by atoms with Crippen LogP contribution in [0, 0.1) is 6.92 Å². The van der Waals surface area contributed by atoms with Gasteiger partial charge >= 0.3 is 0 Å². The van der Waals surface area contributed by atoms with E-state index < -0.39 is 9.92 Å². The second-order valence-corrected chi connectivity index (χ2v) is 4.14. The molecule has 0 aliphatic heterocycles. The van der Waals surface area contributed by atoms with Crippen molar-refractivity contribution in [1.82, 2.24) is 4.98 Å². The highest BCUT2D eigenvalue weighted by Gasteiger charge is 1.72. The van der Waals surface area contributed by atoms with E-state index in [0.717, 1.165) is 0 Å². The average Bonchev–Trinajstić information content (AvgIpc) is 2.32. The Morgan fingerprint density at radius 3 is 1.53 bits per heavy atom. The fraction of sp³-hybridized carbons (Fsp3) is 0.0833. The summed E-state index contributed by atoms with van der Waals surface area (Å²) in [6.07, 6.45) is 3.50. The van der Waals surface area contributed by atoms with Crippen molar-refractivity contribution in [2.45, 2.75) is 6.92 Å². The zero-order valence-corrected chi connectivity index (χ0v) is 11.0. The molecular formula is C12H14ClNO2S. The Bertz CT molecular complexity index is 412. The first kappa shape index (κ1) is 15.6. The van der Waals surface area contributed by atoms with Gasteiger partial charge in [0.25, 0.3) is 0 Å². The number of aromatic nitrogens is 1. The van der Waals surface area contributed by atoms with Crippen molar-refractivity contribution < 1.29 is 8.42 Å². The van der Waals surface area contributed by atoms with Crippen LogP contribution in [-0.2, 0) is 9.92 Å². The van der Waals surface area contributed by atoms with E-state index in [-0.39, 0.29) is 0 Å². The van der Waals surface area contributed by atoms with E-state index in [4.69, 9.17) is 8.42 Å². The molecular weight excluding hydrogens is 258 g/mol. The molecule has 0 bridgehead atoms. The lowest BCUT2D eigenvalue weighted by Gasteiger charge is -1.82. The van der Waals surface area contributed by atoms with Crippen molar-refractivity contribution in [1.29, 1.82) is 0 Å². The number of thiol groups is 1. The van der Waals surface area contributed by atoms with Gasteiger partial charge in [-0.2, -0.15) is 0 Å². The molecule has 0 spiro atoms. The summed E-state index contributed by atoms with van der Waals surface area (Å²) in [6, 6.07) is 16.0. The molecule has 0 aliphatic carbocycles. The second-order valence-electron chi connectivity index (χ2n) is 2.89. The van der Waals surface area contributed by atoms with E-state index in [1.54, 1.807) is 12.4 Å². The van der Waals surface area contributed by atoms with Gasteiger partial charge in [0.15, 0.2) is 0 Å². The van der Waals surface area contributed by atoms with Crippen molar-refractivity contribution in [3.05, 3.63) is 66.5 Å². The molecule has 0 saturated heterocycles. The molecule has 1 heterocycles. The summed E-state index contributed by atoms with van der Waals surface area (Å²) in [4.78, 5) is 3.78. The zero-order valence-electron chi connectivity index (χ0n) is 9.36. The van der Waals surface area contributed by atoms with Crippen molar-refractivity contribution in [2.75, 3.05) is 0 Å². The Morgan fingerprint density at radius 1 is 0.941 bits per heavy atom. The second kappa shape index (κ2) is 11.1. The molecule has 2 rings (SSSR count). The van der Waals surface area contributed by atoms with Crippen molar-refractivity contribution in [2.24, 2.45) is 0 Å². The van der Waals surface area contributed by atoms with Crippen LogP contribution in [0.2, 0.25) is 0 Å². The third kappa shape index (κ3) is 14.6. The fourth-order valence-electron chi connectivity index (χ4n) is 0.847. The van der Waals surface area contributed by atoms with Gasteiger partial charge in [-0.25, -0.2) is 8.42 Å². The van der Waals surface area contributed by atoms with E-state index in [0.29, 0.717) is 0 Å². The zero-order chi connectivity index (χ0) is 12.9. The maximum absolute atomic E-state index is 8.80. The Labute approximate surface area is 108 Å². The van der Waals surface area contributed by atoms with E-state index in [1.165, 1.54) is 5.56 Å². The summed E-state index contributed by atoms with van der Waals surface area (Å²) in [7, 11) is 1.58. The van der Waals surface area contributed by atoms with Gasteiger partial charge in [0, 0.05) is 23.1 Å². The predicted molar refractivity (Wildman–Crippen MR) is 71.6 cm³/mol. The van der Waals surface area contributed by atoms with Gasteiger partial charge in [0.05, 0.1) is 0 Å². The van der Waals surface area contributed by atoms with Crippen LogP contribution in [-0.4, -0.2) is 13.4 Å². The molecule has 0 unspecified atom stereocenters. The minimum atomic E-state index is -2.65. The number of benzene rings is 1. The molecule has 5 heteroatoms. The fourth-order valence-corrected chi connectivity index (χ4v) is 0.847. The van der Waals surface area contributed by atoms with Gasteiger partial charge in [0.1, 0.15) is 0 Å². The van der Waals surface area contributed by atoms with Crippen LogP contribution in [0.15, 0.2) is 60.9 Å². The van der Waals surface area contributed by atoms with Crippen LogP contribution in [0.3, 0.4) is 0 Å². The highest BCUT2D eigenvalue weighted by Crippen LogP contribution is 1.92. The van der Waals surface area contributed by atoms with Gasteiger partial charge in [-0.15, -0.1) is 0 Å². The van der Waals surface area contributed by atoms with E-state index in [2.05, 4.69) is 34.7 Å². The topological polar surface area (TPSA) is 47.0 Å². The van der Waals surface area contributed by atoms with E-state index >= 15 is 0 Å². The lowest BCUT2D eigenvalue weighted by molar-refractivity contribution is 0.626. The first-order valence-electron chi connectivity index (χ1n) is 4.79. The van der Waals surface area contributed by atoms with Crippen molar-refractivity contribution in [3.8, 4) is 0 Å². The number of hydrogen-bond acceptors (Lipinski definition) is 3. The molecule has 2 aromatic rings. The Balaban J connectivity index is 0.000000236. The highest BCUT2D eigenvalue weighted by molar-refractivity contribution is 7.98. The Morgan fingerprint density at radius 2 is 1.35 bits per heavy atom. The number of nitrogens with zero attached hydrogens (tertiary/aromatic N) is 1. The summed E-state index contributed by atoms with van der Waals surface area (Å²) in [6.45, 7) is 2.08.